The van der Waals surface area contributed by atoms with Crippen LogP contribution in [0.2, 0.25) is 0 Å². The Hall–Kier alpha value is 1.64. The smallest absolute Gasteiger partial charge is 0.780 e. The minimum atomic E-state index is -5.25. The minimum absolute atomic E-state index is 0. The van der Waals surface area contributed by atoms with E-state index in [1.54, 1.807) is 0 Å². The summed E-state index contributed by atoms with van der Waals surface area (Å²) in [5.74, 6) is -2.16. The maximum Gasteiger partial charge on any atom is 1.00 e. The summed E-state index contributed by atoms with van der Waals surface area (Å²) in [6.45, 7) is 0. The summed E-state index contributed by atoms with van der Waals surface area (Å²) in [4.78, 5) is 30.8. The van der Waals surface area contributed by atoms with E-state index in [4.69, 9.17) is 0 Å². The molecule has 0 radical (unpaired) electrons. The molecule has 0 N–H and O–H groups in total. The van der Waals surface area contributed by atoms with Gasteiger partial charge in [0.15, 0.2) is 0 Å². The van der Waals surface area contributed by atoms with Crippen LogP contribution in [0, 0.1) is 0 Å². The molecular formula is C7H4Na3O6P. The van der Waals surface area contributed by atoms with Crippen LogP contribution in [0.4, 0.5) is 0 Å². The fourth-order valence-electron chi connectivity index (χ4n) is 0.835. The van der Waals surface area contributed by atoms with Gasteiger partial charge in [-0.3, -0.25) is 0 Å². The summed E-state index contributed by atoms with van der Waals surface area (Å²) in [5, 5.41) is 10.4. The van der Waals surface area contributed by atoms with Gasteiger partial charge in [-0.05, 0) is 12.1 Å². The van der Waals surface area contributed by atoms with Crippen molar-refractivity contribution in [2.45, 2.75) is 0 Å². The number of carbonyl (C=O) groups excluding carboxylic acids is 1. The number of phosphoric acid groups is 1. The zero-order valence-electron chi connectivity index (χ0n) is 9.71. The summed E-state index contributed by atoms with van der Waals surface area (Å²) in [6.07, 6.45) is 0. The quantitative estimate of drug-likeness (QED) is 0.402. The third kappa shape index (κ3) is 9.21. The number of benzene rings is 1. The molecule has 76 valence electrons. The van der Waals surface area contributed by atoms with Gasteiger partial charge in [-0.25, -0.2) is 0 Å². The summed E-state index contributed by atoms with van der Waals surface area (Å²) in [6, 6.07) is 4.80. The molecule has 6 nitrogen and oxygen atoms in total. The summed E-state index contributed by atoms with van der Waals surface area (Å²) < 4.78 is 14.1. The van der Waals surface area contributed by atoms with Gasteiger partial charge in [0.25, 0.3) is 0 Å². The zero-order chi connectivity index (χ0) is 10.8. The molecule has 0 saturated heterocycles. The van der Waals surface area contributed by atoms with Crippen LogP contribution in [0.5, 0.6) is 5.75 Å². The van der Waals surface area contributed by atoms with E-state index in [-0.39, 0.29) is 88.7 Å². The first-order chi connectivity index (χ1) is 6.40. The van der Waals surface area contributed by atoms with Gasteiger partial charge in [-0.2, -0.15) is 0 Å². The molecule has 1 aromatic carbocycles. The van der Waals surface area contributed by atoms with Crippen LogP contribution in [0.25, 0.3) is 0 Å². The van der Waals surface area contributed by atoms with E-state index in [9.17, 15) is 24.3 Å². The van der Waals surface area contributed by atoms with Crippen molar-refractivity contribution in [3.05, 3.63) is 29.8 Å². The Morgan fingerprint density at radius 1 is 1.12 bits per heavy atom. The molecule has 1 aromatic rings. The fourth-order valence-corrected chi connectivity index (χ4v) is 1.24. The molecule has 1 rings (SSSR count). The number of phosphoric ester groups is 1. The molecule has 0 saturated carbocycles. The van der Waals surface area contributed by atoms with Crippen molar-refractivity contribution in [2.24, 2.45) is 0 Å². The number of carboxylic acids is 1. The molecule has 10 heteroatoms. The van der Waals surface area contributed by atoms with Crippen LogP contribution in [-0.2, 0) is 4.57 Å². The average Bonchev–Trinajstić information content (AvgIpc) is 2.01. The molecule has 0 atom stereocenters. The SMILES string of the molecule is O=C([O-])c1ccccc1OP(=O)([O-])[O-].[Na+].[Na+].[Na+]. The first kappa shape index (κ1) is 23.7. The van der Waals surface area contributed by atoms with Gasteiger partial charge in [0.05, 0.1) is 5.97 Å². The molecule has 0 heterocycles. The molecular weight excluding hydrogens is 280 g/mol. The zero-order valence-corrected chi connectivity index (χ0v) is 16.6. The van der Waals surface area contributed by atoms with Crippen LogP contribution < -0.4 is 108 Å². The second-order valence-corrected chi connectivity index (χ2v) is 3.40. The number of aromatic carboxylic acids is 1. The van der Waals surface area contributed by atoms with Crippen LogP contribution >= 0.6 is 7.82 Å². The second-order valence-electron chi connectivity index (χ2n) is 2.32. The molecule has 17 heavy (non-hydrogen) atoms. The van der Waals surface area contributed by atoms with Crippen LogP contribution in [-0.4, -0.2) is 5.97 Å². The molecule has 0 fully saturated rings. The van der Waals surface area contributed by atoms with Gasteiger partial charge in [0.1, 0.15) is 13.6 Å². The predicted molar refractivity (Wildman–Crippen MR) is 39.0 cm³/mol. The topological polar surface area (TPSA) is 113 Å². The average molecular weight is 284 g/mol. The second kappa shape index (κ2) is 10.4. The normalized spacial score (nSPS) is 9.06. The number of carboxylic acid groups (broad SMARTS) is 1. The summed E-state index contributed by atoms with van der Waals surface area (Å²) in [5.41, 5.74) is -0.487. The van der Waals surface area contributed by atoms with E-state index in [2.05, 4.69) is 4.52 Å². The third-order valence-corrected chi connectivity index (χ3v) is 1.74. The Labute approximate surface area is 164 Å². The Morgan fingerprint density at radius 2 is 1.59 bits per heavy atom. The maximum atomic E-state index is 10.4. The standard InChI is InChI=1S/C7H7O6P.3Na/c8-7(9)5-3-1-2-4-6(5)13-14(10,11)12;;;/h1-4H,(H,8,9)(H2,10,11,12);;;/q;3*+1/p-3. The van der Waals surface area contributed by atoms with E-state index in [1.807, 2.05) is 0 Å². The van der Waals surface area contributed by atoms with Crippen LogP contribution in [0.3, 0.4) is 0 Å². The third-order valence-electron chi connectivity index (χ3n) is 1.32. The van der Waals surface area contributed by atoms with E-state index in [1.165, 1.54) is 12.1 Å². The Bertz CT molecular complexity index is 406. The van der Waals surface area contributed by atoms with Crippen molar-refractivity contribution in [1.29, 1.82) is 0 Å². The summed E-state index contributed by atoms with van der Waals surface area (Å²) in [7, 11) is -5.25. The first-order valence-corrected chi connectivity index (χ1v) is 4.88. The van der Waals surface area contributed by atoms with Gasteiger partial charge in [0.2, 0.25) is 0 Å². The molecule has 0 aliphatic heterocycles. The fraction of sp³-hybridized carbons (Fsp3) is 0. The first-order valence-electron chi connectivity index (χ1n) is 3.42. The molecule has 0 aliphatic carbocycles. The van der Waals surface area contributed by atoms with Gasteiger partial charge in [-0.15, -0.1) is 0 Å². The summed E-state index contributed by atoms with van der Waals surface area (Å²) >= 11 is 0. The molecule has 0 aliphatic rings. The molecule has 0 spiro atoms. The van der Waals surface area contributed by atoms with Crippen molar-refractivity contribution in [1.82, 2.24) is 0 Å². The van der Waals surface area contributed by atoms with Crippen molar-refractivity contribution in [3.63, 3.8) is 0 Å². The van der Waals surface area contributed by atoms with Crippen molar-refractivity contribution < 1.29 is 117 Å². The van der Waals surface area contributed by atoms with Gasteiger partial charge < -0.3 is 28.8 Å². The van der Waals surface area contributed by atoms with E-state index in [0.29, 0.717) is 0 Å². The van der Waals surface area contributed by atoms with Crippen molar-refractivity contribution in [2.75, 3.05) is 0 Å². The largest absolute Gasteiger partial charge is 1.00 e. The number of hydrogen-bond donors (Lipinski definition) is 0. The Balaban J connectivity index is -0.000000653. The van der Waals surface area contributed by atoms with Gasteiger partial charge in [0, 0.05) is 5.56 Å². The van der Waals surface area contributed by atoms with Crippen LogP contribution in [0.1, 0.15) is 10.4 Å². The minimum Gasteiger partial charge on any atom is -0.780 e. The van der Waals surface area contributed by atoms with Gasteiger partial charge in [-0.1, -0.05) is 12.1 Å². The van der Waals surface area contributed by atoms with Crippen molar-refractivity contribution in [3.8, 4) is 5.75 Å². The Kier molecular flexibility index (Phi) is 14.5. The van der Waals surface area contributed by atoms with Crippen LogP contribution in [0.15, 0.2) is 24.3 Å². The van der Waals surface area contributed by atoms with Crippen molar-refractivity contribution >= 4 is 13.8 Å². The Morgan fingerprint density at radius 3 is 2.00 bits per heavy atom. The molecule has 0 unspecified atom stereocenters. The predicted octanol–water partition coefficient (Wildman–Crippen LogP) is -10.7. The number of rotatable bonds is 3. The molecule has 0 amide bonds. The maximum absolute atomic E-state index is 10.4. The molecule has 0 aromatic heterocycles. The van der Waals surface area contributed by atoms with E-state index in [0.717, 1.165) is 12.1 Å². The van der Waals surface area contributed by atoms with E-state index >= 15 is 0 Å². The molecule has 0 bridgehead atoms. The number of carbonyl (C=O) groups is 1. The van der Waals surface area contributed by atoms with Gasteiger partial charge >= 0.3 is 88.7 Å². The van der Waals surface area contributed by atoms with E-state index < -0.39 is 25.1 Å². The number of hydrogen-bond acceptors (Lipinski definition) is 6. The monoisotopic (exact) mass is 284 g/mol. The number of para-hydroxylation sites is 1.